The molecule has 0 unspecified atom stereocenters. The fourth-order valence-corrected chi connectivity index (χ4v) is 2.85. The summed E-state index contributed by atoms with van der Waals surface area (Å²) in [5.41, 5.74) is 6.36. The van der Waals surface area contributed by atoms with Gasteiger partial charge in [0.2, 0.25) is 5.91 Å². The van der Waals surface area contributed by atoms with Crippen LogP contribution in [0, 0.1) is 24.0 Å². The molecule has 3 N–H and O–H groups in total. The predicted octanol–water partition coefficient (Wildman–Crippen LogP) is 2.74. The monoisotopic (exact) mass is 385 g/mol. The molecule has 0 aliphatic heterocycles. The molecular formula is C19H19N3O6. The van der Waals surface area contributed by atoms with Gasteiger partial charge in [-0.2, -0.15) is 0 Å². The van der Waals surface area contributed by atoms with Gasteiger partial charge in [-0.05, 0) is 50.1 Å². The Bertz CT molecular complexity index is 967. The zero-order chi connectivity index (χ0) is 21.0. The molecule has 2 rings (SSSR count). The van der Waals surface area contributed by atoms with Crippen molar-refractivity contribution in [2.24, 2.45) is 5.73 Å². The van der Waals surface area contributed by atoms with E-state index in [0.29, 0.717) is 5.56 Å². The van der Waals surface area contributed by atoms with Gasteiger partial charge >= 0.3 is 5.97 Å². The topological polar surface area (TPSA) is 142 Å². The standard InChI is InChI=1S/C19H19N3O6/c1-4-28-19(25)15-10(2)9-14(17(20)23)16(11(15)3)18(24)21-12-5-7-13(8-6-12)22(26)27/h5-9H,4H2,1-3H3,(H2,20,23)(H,21,24). The van der Waals surface area contributed by atoms with Crippen molar-refractivity contribution in [3.8, 4) is 0 Å². The third-order valence-electron chi connectivity index (χ3n) is 4.08. The van der Waals surface area contributed by atoms with Crippen LogP contribution in [0.1, 0.15) is 49.1 Å². The number of aryl methyl sites for hydroxylation is 1. The molecule has 28 heavy (non-hydrogen) atoms. The normalized spacial score (nSPS) is 10.2. The zero-order valence-electron chi connectivity index (χ0n) is 15.6. The highest BCUT2D eigenvalue weighted by atomic mass is 16.6. The number of rotatable bonds is 6. The van der Waals surface area contributed by atoms with E-state index in [1.54, 1.807) is 13.8 Å². The second-order valence-corrected chi connectivity index (χ2v) is 5.96. The predicted molar refractivity (Wildman–Crippen MR) is 101 cm³/mol. The van der Waals surface area contributed by atoms with E-state index in [-0.39, 0.29) is 40.2 Å². The summed E-state index contributed by atoms with van der Waals surface area (Å²) in [6.45, 7) is 4.95. The summed E-state index contributed by atoms with van der Waals surface area (Å²) in [4.78, 5) is 47.1. The van der Waals surface area contributed by atoms with Gasteiger partial charge in [-0.1, -0.05) is 0 Å². The Morgan fingerprint density at radius 1 is 1.14 bits per heavy atom. The summed E-state index contributed by atoms with van der Waals surface area (Å²) in [5.74, 6) is -2.11. The van der Waals surface area contributed by atoms with Gasteiger partial charge in [0.15, 0.2) is 0 Å². The van der Waals surface area contributed by atoms with E-state index >= 15 is 0 Å². The van der Waals surface area contributed by atoms with Gasteiger partial charge in [0, 0.05) is 17.8 Å². The van der Waals surface area contributed by atoms with E-state index in [1.807, 2.05) is 0 Å². The van der Waals surface area contributed by atoms with Gasteiger partial charge in [-0.25, -0.2) is 4.79 Å². The van der Waals surface area contributed by atoms with E-state index in [9.17, 15) is 24.5 Å². The summed E-state index contributed by atoms with van der Waals surface area (Å²) in [6.07, 6.45) is 0. The molecule has 2 aromatic rings. The van der Waals surface area contributed by atoms with E-state index in [0.717, 1.165) is 0 Å². The van der Waals surface area contributed by atoms with E-state index in [4.69, 9.17) is 10.5 Å². The molecule has 0 aliphatic carbocycles. The number of amides is 2. The first kappa shape index (κ1) is 20.6. The van der Waals surface area contributed by atoms with Crippen LogP contribution in [0.15, 0.2) is 30.3 Å². The number of non-ortho nitro benzene ring substituents is 1. The van der Waals surface area contributed by atoms with E-state index < -0.39 is 22.7 Å². The van der Waals surface area contributed by atoms with Gasteiger partial charge in [0.1, 0.15) is 0 Å². The lowest BCUT2D eigenvalue weighted by Crippen LogP contribution is -2.24. The number of nitrogens with one attached hydrogen (secondary N) is 1. The first-order valence-corrected chi connectivity index (χ1v) is 8.34. The highest BCUT2D eigenvalue weighted by Gasteiger charge is 2.25. The quantitative estimate of drug-likeness (QED) is 0.445. The molecule has 0 heterocycles. The molecule has 9 heteroatoms. The van der Waals surface area contributed by atoms with Gasteiger partial charge in [0.25, 0.3) is 11.6 Å². The van der Waals surface area contributed by atoms with Crippen LogP contribution in [0.2, 0.25) is 0 Å². The Morgan fingerprint density at radius 2 is 1.75 bits per heavy atom. The highest BCUT2D eigenvalue weighted by molar-refractivity contribution is 6.14. The zero-order valence-corrected chi connectivity index (χ0v) is 15.6. The smallest absolute Gasteiger partial charge is 0.338 e. The van der Waals surface area contributed by atoms with Crippen molar-refractivity contribution in [2.75, 3.05) is 11.9 Å². The number of hydrogen-bond donors (Lipinski definition) is 2. The van der Waals surface area contributed by atoms with Gasteiger partial charge in [-0.3, -0.25) is 19.7 Å². The van der Waals surface area contributed by atoms with E-state index in [1.165, 1.54) is 37.3 Å². The van der Waals surface area contributed by atoms with Crippen molar-refractivity contribution in [3.05, 3.63) is 68.3 Å². The molecule has 146 valence electrons. The number of primary amides is 1. The summed E-state index contributed by atoms with van der Waals surface area (Å²) < 4.78 is 5.03. The van der Waals surface area contributed by atoms with Crippen molar-refractivity contribution in [2.45, 2.75) is 20.8 Å². The minimum Gasteiger partial charge on any atom is -0.462 e. The van der Waals surface area contributed by atoms with Crippen molar-refractivity contribution in [3.63, 3.8) is 0 Å². The average Bonchev–Trinajstić information content (AvgIpc) is 2.61. The number of carbonyl (C=O) groups excluding carboxylic acids is 3. The molecule has 0 aromatic heterocycles. The van der Waals surface area contributed by atoms with Crippen LogP contribution in [-0.4, -0.2) is 29.3 Å². The number of anilines is 1. The van der Waals surface area contributed by atoms with Crippen LogP contribution < -0.4 is 11.1 Å². The summed E-state index contributed by atoms with van der Waals surface area (Å²) in [5, 5.41) is 13.3. The lowest BCUT2D eigenvalue weighted by molar-refractivity contribution is -0.384. The van der Waals surface area contributed by atoms with Crippen LogP contribution in [0.4, 0.5) is 11.4 Å². The molecule has 9 nitrogen and oxygen atoms in total. The molecule has 0 radical (unpaired) electrons. The maximum Gasteiger partial charge on any atom is 0.338 e. The maximum atomic E-state index is 12.8. The Balaban J connectivity index is 2.50. The molecule has 0 saturated heterocycles. The molecule has 0 fully saturated rings. The Morgan fingerprint density at radius 3 is 2.25 bits per heavy atom. The molecular weight excluding hydrogens is 366 g/mol. The van der Waals surface area contributed by atoms with Crippen molar-refractivity contribution >= 4 is 29.2 Å². The third kappa shape index (κ3) is 4.14. The minimum absolute atomic E-state index is 0.0394. The number of hydrogen-bond acceptors (Lipinski definition) is 6. The Labute approximate surface area is 160 Å². The first-order valence-electron chi connectivity index (χ1n) is 8.34. The third-order valence-corrected chi connectivity index (χ3v) is 4.08. The number of nitro groups is 1. The first-order chi connectivity index (χ1) is 13.2. The SMILES string of the molecule is CCOC(=O)c1c(C)cc(C(N)=O)c(C(=O)Nc2ccc([N+](=O)[O-])cc2)c1C. The number of esters is 1. The molecule has 0 aliphatic rings. The summed E-state index contributed by atoms with van der Waals surface area (Å²) in [6, 6.07) is 6.55. The Hall–Kier alpha value is -3.75. The molecule has 0 atom stereocenters. The summed E-state index contributed by atoms with van der Waals surface area (Å²) >= 11 is 0. The van der Waals surface area contributed by atoms with Crippen LogP contribution in [0.25, 0.3) is 0 Å². The van der Waals surface area contributed by atoms with Crippen molar-refractivity contribution in [1.82, 2.24) is 0 Å². The molecule has 2 aromatic carbocycles. The number of ether oxygens (including phenoxy) is 1. The number of nitro benzene ring substituents is 1. The molecule has 0 bridgehead atoms. The van der Waals surface area contributed by atoms with Crippen LogP contribution in [0.5, 0.6) is 0 Å². The fourth-order valence-electron chi connectivity index (χ4n) is 2.85. The maximum absolute atomic E-state index is 12.8. The largest absolute Gasteiger partial charge is 0.462 e. The second kappa shape index (κ2) is 8.30. The number of carbonyl (C=O) groups is 3. The van der Waals surface area contributed by atoms with Gasteiger partial charge < -0.3 is 15.8 Å². The minimum atomic E-state index is -0.824. The summed E-state index contributed by atoms with van der Waals surface area (Å²) in [7, 11) is 0. The lowest BCUT2D eigenvalue weighted by atomic mass is 9.91. The molecule has 0 spiro atoms. The molecule has 0 saturated carbocycles. The second-order valence-electron chi connectivity index (χ2n) is 5.96. The lowest BCUT2D eigenvalue weighted by Gasteiger charge is -2.16. The fraction of sp³-hybridized carbons (Fsp3) is 0.211. The van der Waals surface area contributed by atoms with Gasteiger partial charge in [0.05, 0.1) is 28.2 Å². The van der Waals surface area contributed by atoms with E-state index in [2.05, 4.69) is 5.32 Å². The van der Waals surface area contributed by atoms with Crippen molar-refractivity contribution in [1.29, 1.82) is 0 Å². The van der Waals surface area contributed by atoms with Gasteiger partial charge in [-0.15, -0.1) is 0 Å². The molecule has 2 amide bonds. The van der Waals surface area contributed by atoms with Crippen LogP contribution in [0.3, 0.4) is 0 Å². The number of benzene rings is 2. The Kier molecular flexibility index (Phi) is 6.09. The van der Waals surface area contributed by atoms with Crippen molar-refractivity contribution < 1.29 is 24.0 Å². The van der Waals surface area contributed by atoms with Crippen LogP contribution >= 0.6 is 0 Å². The highest BCUT2D eigenvalue weighted by Crippen LogP contribution is 2.25. The van der Waals surface area contributed by atoms with Crippen LogP contribution in [-0.2, 0) is 4.74 Å². The average molecular weight is 385 g/mol. The number of nitrogens with two attached hydrogens (primary N) is 1. The number of nitrogens with zero attached hydrogens (tertiary/aromatic N) is 1.